The maximum absolute atomic E-state index is 10.8. The maximum Gasteiger partial charge on any atom is 0.227 e. The van der Waals surface area contributed by atoms with E-state index < -0.39 is 0 Å². The van der Waals surface area contributed by atoms with Gasteiger partial charge < -0.3 is 0 Å². The van der Waals surface area contributed by atoms with Gasteiger partial charge in [-0.25, -0.2) is 0 Å². The Bertz CT molecular complexity index is 150. The first-order valence-corrected chi connectivity index (χ1v) is 4.94. The van der Waals surface area contributed by atoms with Gasteiger partial charge in [-0.15, -0.1) is 0 Å². The molecule has 3 nitrogen and oxygen atoms in total. The first-order valence-electron chi connectivity index (χ1n) is 3.16. The molecule has 0 heterocycles. The monoisotopic (exact) mass is 193 g/mol. The van der Waals surface area contributed by atoms with E-state index in [0.29, 0.717) is 17.3 Å². The molecule has 5 heteroatoms. The summed E-state index contributed by atoms with van der Waals surface area (Å²) in [4.78, 5) is 21.1. The zero-order chi connectivity index (χ0) is 8.69. The number of carbonyl (C=O) groups excluding carboxylic acids is 2. The molecule has 0 aromatic carbocycles. The highest BCUT2D eigenvalue weighted by molar-refractivity contribution is 8.09. The average molecular weight is 193 g/mol. The molecule has 0 aliphatic rings. The number of carbonyl (C=O) groups is 2. The van der Waals surface area contributed by atoms with E-state index in [1.165, 1.54) is 6.92 Å². The van der Waals surface area contributed by atoms with Gasteiger partial charge in [0.25, 0.3) is 0 Å². The third-order valence-corrected chi connectivity index (χ3v) is 2.10. The van der Waals surface area contributed by atoms with E-state index in [1.807, 2.05) is 0 Å². The number of thiol groups is 1. The Balaban J connectivity index is 3.30. The number of thioether (sulfide) groups is 1. The van der Waals surface area contributed by atoms with Gasteiger partial charge in [0.05, 0.1) is 0 Å². The minimum Gasteiger partial charge on any atom is -0.297 e. The fourth-order valence-electron chi connectivity index (χ4n) is 0.488. The number of hydrogen-bond donors (Lipinski definition) is 2. The van der Waals surface area contributed by atoms with Crippen LogP contribution in [-0.2, 0) is 9.59 Å². The first kappa shape index (κ1) is 10.8. The van der Waals surface area contributed by atoms with Gasteiger partial charge in [-0.05, 0) is 0 Å². The summed E-state index contributed by atoms with van der Waals surface area (Å²) >= 11 is 5.51. The maximum atomic E-state index is 10.8. The van der Waals surface area contributed by atoms with Crippen molar-refractivity contribution in [3.63, 3.8) is 0 Å². The number of imide groups is 1. The lowest BCUT2D eigenvalue weighted by Gasteiger charge is -1.98. The van der Waals surface area contributed by atoms with E-state index in [2.05, 4.69) is 17.9 Å². The molecule has 0 aliphatic heterocycles. The summed E-state index contributed by atoms with van der Waals surface area (Å²) in [5.41, 5.74) is 0. The van der Waals surface area contributed by atoms with Gasteiger partial charge in [0.15, 0.2) is 0 Å². The van der Waals surface area contributed by atoms with E-state index in [-0.39, 0.29) is 11.8 Å². The van der Waals surface area contributed by atoms with E-state index in [9.17, 15) is 9.59 Å². The third-order valence-electron chi connectivity index (χ3n) is 0.880. The van der Waals surface area contributed by atoms with Crippen LogP contribution in [-0.4, -0.2) is 22.7 Å². The zero-order valence-electron chi connectivity index (χ0n) is 6.29. The van der Waals surface area contributed by atoms with Gasteiger partial charge in [0.2, 0.25) is 11.8 Å². The lowest BCUT2D eigenvalue weighted by atomic mass is 10.4. The lowest BCUT2D eigenvalue weighted by molar-refractivity contribution is -0.128. The second-order valence-corrected chi connectivity index (χ2v) is 3.74. The van der Waals surface area contributed by atoms with Crippen LogP contribution in [0.15, 0.2) is 0 Å². The van der Waals surface area contributed by atoms with E-state index >= 15 is 0 Å². The van der Waals surface area contributed by atoms with Gasteiger partial charge in [-0.3, -0.25) is 14.9 Å². The van der Waals surface area contributed by atoms with Crippen molar-refractivity contribution >= 4 is 36.2 Å². The standard InChI is InChI=1S/C6H11NO2S2/c1-5(8)7-6(9)2-3-11-4-10/h10H,2-4H2,1H3,(H,7,8,9). The number of amides is 2. The van der Waals surface area contributed by atoms with Crippen molar-refractivity contribution in [1.29, 1.82) is 0 Å². The van der Waals surface area contributed by atoms with E-state index in [1.54, 1.807) is 11.8 Å². The molecule has 1 N–H and O–H groups in total. The lowest BCUT2D eigenvalue weighted by Crippen LogP contribution is -2.28. The van der Waals surface area contributed by atoms with E-state index in [4.69, 9.17) is 0 Å². The third kappa shape index (κ3) is 7.74. The Morgan fingerprint density at radius 2 is 2.18 bits per heavy atom. The number of rotatable bonds is 4. The summed E-state index contributed by atoms with van der Waals surface area (Å²) in [6, 6.07) is 0. The molecule has 0 radical (unpaired) electrons. The minimum absolute atomic E-state index is 0.216. The number of nitrogens with one attached hydrogen (secondary N) is 1. The molecule has 0 aliphatic carbocycles. The molecule has 2 amide bonds. The van der Waals surface area contributed by atoms with Crippen molar-refractivity contribution in [2.24, 2.45) is 0 Å². The smallest absolute Gasteiger partial charge is 0.227 e. The minimum atomic E-state index is -0.300. The molecule has 0 atom stereocenters. The molecular formula is C6H11NO2S2. The average Bonchev–Trinajstić information content (AvgIpc) is 1.86. The van der Waals surface area contributed by atoms with Crippen molar-refractivity contribution in [1.82, 2.24) is 5.32 Å². The Morgan fingerprint density at radius 1 is 1.55 bits per heavy atom. The highest BCUT2D eigenvalue weighted by Gasteiger charge is 2.01. The van der Waals surface area contributed by atoms with Gasteiger partial charge >= 0.3 is 0 Å². The molecule has 0 rings (SSSR count). The Kier molecular flexibility index (Phi) is 6.45. The largest absolute Gasteiger partial charge is 0.297 e. The summed E-state index contributed by atoms with van der Waals surface area (Å²) in [5.74, 6) is 0.195. The summed E-state index contributed by atoms with van der Waals surface area (Å²) in [7, 11) is 0. The Hall–Kier alpha value is -0.160. The van der Waals surface area contributed by atoms with Crippen molar-refractivity contribution < 1.29 is 9.59 Å². The zero-order valence-corrected chi connectivity index (χ0v) is 8.00. The van der Waals surface area contributed by atoms with Gasteiger partial charge in [0.1, 0.15) is 0 Å². The van der Waals surface area contributed by atoms with E-state index in [0.717, 1.165) is 0 Å². The molecule has 0 spiro atoms. The van der Waals surface area contributed by atoms with Crippen LogP contribution < -0.4 is 5.32 Å². The highest BCUT2D eigenvalue weighted by Crippen LogP contribution is 2.02. The highest BCUT2D eigenvalue weighted by atomic mass is 32.2. The predicted molar refractivity (Wildman–Crippen MR) is 49.8 cm³/mol. The van der Waals surface area contributed by atoms with Gasteiger partial charge in [0, 0.05) is 24.2 Å². The molecular weight excluding hydrogens is 182 g/mol. The molecule has 0 saturated heterocycles. The second-order valence-electron chi connectivity index (χ2n) is 1.89. The summed E-state index contributed by atoms with van der Waals surface area (Å²) in [5, 5.41) is 2.89. The quantitative estimate of drug-likeness (QED) is 0.392. The van der Waals surface area contributed by atoms with Crippen LogP contribution in [0.3, 0.4) is 0 Å². The normalized spacial score (nSPS) is 9.27. The van der Waals surface area contributed by atoms with Gasteiger partial charge in [-0.1, -0.05) is 0 Å². The van der Waals surface area contributed by atoms with Crippen molar-refractivity contribution in [2.45, 2.75) is 13.3 Å². The van der Waals surface area contributed by atoms with Crippen LogP contribution in [0.5, 0.6) is 0 Å². The Morgan fingerprint density at radius 3 is 2.64 bits per heavy atom. The van der Waals surface area contributed by atoms with Crippen molar-refractivity contribution in [3.05, 3.63) is 0 Å². The summed E-state index contributed by atoms with van der Waals surface area (Å²) in [6.07, 6.45) is 0.380. The molecule has 0 aromatic heterocycles. The molecule has 0 unspecified atom stereocenters. The molecule has 11 heavy (non-hydrogen) atoms. The molecule has 64 valence electrons. The van der Waals surface area contributed by atoms with Crippen LogP contribution in [0.2, 0.25) is 0 Å². The summed E-state index contributed by atoms with van der Waals surface area (Å²) < 4.78 is 0. The molecule has 0 fully saturated rings. The van der Waals surface area contributed by atoms with Crippen LogP contribution in [0, 0.1) is 0 Å². The molecule has 0 bridgehead atoms. The number of hydrogen-bond acceptors (Lipinski definition) is 4. The van der Waals surface area contributed by atoms with Crippen LogP contribution in [0.25, 0.3) is 0 Å². The van der Waals surface area contributed by atoms with Crippen LogP contribution in [0.1, 0.15) is 13.3 Å². The fraction of sp³-hybridized carbons (Fsp3) is 0.667. The van der Waals surface area contributed by atoms with Crippen LogP contribution in [0.4, 0.5) is 0 Å². The molecule has 0 saturated carbocycles. The van der Waals surface area contributed by atoms with Crippen molar-refractivity contribution in [3.8, 4) is 0 Å². The van der Waals surface area contributed by atoms with Gasteiger partial charge in [-0.2, -0.15) is 24.4 Å². The fourth-order valence-corrected chi connectivity index (χ4v) is 1.33. The predicted octanol–water partition coefficient (Wildman–Crippen LogP) is 0.660. The topological polar surface area (TPSA) is 46.2 Å². The first-order chi connectivity index (χ1) is 5.16. The second kappa shape index (κ2) is 6.54. The Labute approximate surface area is 75.7 Å². The van der Waals surface area contributed by atoms with Crippen molar-refractivity contribution in [2.75, 3.05) is 10.8 Å². The summed E-state index contributed by atoms with van der Waals surface area (Å²) in [6.45, 7) is 1.32. The SMILES string of the molecule is CC(=O)NC(=O)CCSCS. The molecule has 0 aromatic rings. The van der Waals surface area contributed by atoms with Crippen LogP contribution >= 0.6 is 24.4 Å².